The first-order valence-corrected chi connectivity index (χ1v) is 17.5. The molecule has 0 spiro atoms. The fourth-order valence-electron chi connectivity index (χ4n) is 7.73. The summed E-state index contributed by atoms with van der Waals surface area (Å²) in [6.45, 7) is 6.37. The topological polar surface area (TPSA) is 9.86 Å². The summed E-state index contributed by atoms with van der Waals surface area (Å²) in [6.07, 6.45) is 6.28. The second kappa shape index (κ2) is 12.7. The predicted molar refractivity (Wildman–Crippen MR) is 219 cm³/mol. The lowest BCUT2D eigenvalue weighted by Crippen LogP contribution is -1.98. The van der Waals surface area contributed by atoms with Crippen molar-refractivity contribution in [3.8, 4) is 27.9 Å². The number of hydrogen-bond acceptors (Lipinski definition) is 0. The van der Waals surface area contributed by atoms with Crippen molar-refractivity contribution >= 4 is 54.9 Å². The van der Waals surface area contributed by atoms with Crippen molar-refractivity contribution in [2.24, 2.45) is 0 Å². The number of nitrogens with zero attached hydrogens (tertiary/aromatic N) is 2. The zero-order valence-electron chi connectivity index (χ0n) is 28.5. The fraction of sp³-hybridized carbons (Fsp3) is 0.0204. The van der Waals surface area contributed by atoms with E-state index in [1.165, 1.54) is 54.8 Å². The Hall–Kier alpha value is -6.64. The molecule has 2 aromatic heterocycles. The van der Waals surface area contributed by atoms with Crippen LogP contribution in [-0.2, 0) is 0 Å². The standard InChI is InChI=1S/C49H36N2/c1-3-16-40(35-19-9-6-10-20-35)45(4-2)51-47-26-14-12-24-42(47)44-33-38(28-30-49(44)51)37-27-29-48-43(32-37)41-23-11-13-25-46(41)50(48)39-22-15-21-36(31-39)34-17-7-5-8-18-34/h3-33H,2H2,1H3/b16-3-,45-40-. The molecule has 0 unspecified atom stereocenters. The van der Waals surface area contributed by atoms with Crippen LogP contribution < -0.4 is 0 Å². The van der Waals surface area contributed by atoms with E-state index >= 15 is 0 Å². The summed E-state index contributed by atoms with van der Waals surface area (Å²) in [6, 6.07) is 61.3. The van der Waals surface area contributed by atoms with E-state index < -0.39 is 0 Å². The van der Waals surface area contributed by atoms with Gasteiger partial charge in [-0.1, -0.05) is 140 Å². The van der Waals surface area contributed by atoms with Crippen LogP contribution in [0.2, 0.25) is 0 Å². The molecule has 0 amide bonds. The zero-order valence-corrected chi connectivity index (χ0v) is 28.5. The number of benzene rings is 7. The third-order valence-corrected chi connectivity index (χ3v) is 10.0. The molecule has 0 bridgehead atoms. The highest BCUT2D eigenvalue weighted by atomic mass is 15.0. The number of rotatable bonds is 7. The Kier molecular flexibility index (Phi) is 7.56. The van der Waals surface area contributed by atoms with Gasteiger partial charge in [0.1, 0.15) is 0 Å². The summed E-state index contributed by atoms with van der Waals surface area (Å²) >= 11 is 0. The first-order valence-electron chi connectivity index (χ1n) is 17.5. The van der Waals surface area contributed by atoms with E-state index in [-0.39, 0.29) is 0 Å². The van der Waals surface area contributed by atoms with Crippen molar-refractivity contribution in [1.29, 1.82) is 0 Å². The molecule has 51 heavy (non-hydrogen) atoms. The molecule has 0 aliphatic heterocycles. The molecule has 0 radical (unpaired) electrons. The SMILES string of the molecule is C=C/C(=C(\C=C/C)c1ccccc1)n1c2ccccc2c2cc(-c3ccc4c(c3)c3ccccc3n4-c3cccc(-c4ccccc4)c3)ccc21. The molecular weight excluding hydrogens is 617 g/mol. The number of para-hydroxylation sites is 2. The van der Waals surface area contributed by atoms with Gasteiger partial charge < -0.3 is 9.13 Å². The maximum atomic E-state index is 4.31. The van der Waals surface area contributed by atoms with Crippen molar-refractivity contribution in [1.82, 2.24) is 9.13 Å². The lowest BCUT2D eigenvalue weighted by atomic mass is 10.0. The van der Waals surface area contributed by atoms with Crippen molar-refractivity contribution < 1.29 is 0 Å². The second-order valence-corrected chi connectivity index (χ2v) is 13.0. The van der Waals surface area contributed by atoms with Gasteiger partial charge in [0.2, 0.25) is 0 Å². The Morgan fingerprint density at radius 2 is 1.00 bits per heavy atom. The van der Waals surface area contributed by atoms with Crippen LogP contribution in [0.3, 0.4) is 0 Å². The molecule has 9 aromatic rings. The number of hydrogen-bond donors (Lipinski definition) is 0. The summed E-state index contributed by atoms with van der Waals surface area (Å²) in [7, 11) is 0. The highest BCUT2D eigenvalue weighted by Crippen LogP contribution is 2.40. The second-order valence-electron chi connectivity index (χ2n) is 13.0. The molecular formula is C49H36N2. The molecule has 2 heteroatoms. The molecule has 0 aliphatic rings. The number of fused-ring (bicyclic) bond motifs is 6. The van der Waals surface area contributed by atoms with Crippen LogP contribution in [0.15, 0.2) is 195 Å². The Morgan fingerprint density at radius 1 is 0.471 bits per heavy atom. The van der Waals surface area contributed by atoms with Crippen molar-refractivity contribution in [3.05, 3.63) is 200 Å². The van der Waals surface area contributed by atoms with E-state index in [0.29, 0.717) is 0 Å². The minimum Gasteiger partial charge on any atom is -0.309 e. The maximum Gasteiger partial charge on any atom is 0.0541 e. The van der Waals surface area contributed by atoms with E-state index in [1.54, 1.807) is 0 Å². The van der Waals surface area contributed by atoms with Gasteiger partial charge >= 0.3 is 0 Å². The van der Waals surface area contributed by atoms with Crippen molar-refractivity contribution in [2.45, 2.75) is 6.92 Å². The Bertz CT molecular complexity index is 2810. The highest BCUT2D eigenvalue weighted by molar-refractivity contribution is 6.14. The third-order valence-electron chi connectivity index (χ3n) is 10.0. The van der Waals surface area contributed by atoms with Gasteiger partial charge in [0.15, 0.2) is 0 Å². The average Bonchev–Trinajstić information content (AvgIpc) is 3.71. The minimum absolute atomic E-state index is 1.06. The molecule has 0 saturated carbocycles. The Morgan fingerprint density at radius 3 is 1.71 bits per heavy atom. The summed E-state index contributed by atoms with van der Waals surface area (Å²) in [5, 5.41) is 4.93. The summed E-state index contributed by atoms with van der Waals surface area (Å²) in [5.41, 5.74) is 14.0. The lowest BCUT2D eigenvalue weighted by molar-refractivity contribution is 1.18. The van der Waals surface area contributed by atoms with Gasteiger partial charge in [-0.3, -0.25) is 0 Å². The van der Waals surface area contributed by atoms with Crippen molar-refractivity contribution in [3.63, 3.8) is 0 Å². The monoisotopic (exact) mass is 652 g/mol. The third kappa shape index (κ3) is 5.12. The first kappa shape index (κ1) is 30.4. The van der Waals surface area contributed by atoms with Gasteiger partial charge in [0.05, 0.1) is 27.8 Å². The van der Waals surface area contributed by atoms with Gasteiger partial charge in [0.25, 0.3) is 0 Å². The summed E-state index contributed by atoms with van der Waals surface area (Å²) in [4.78, 5) is 0. The van der Waals surface area contributed by atoms with Crippen LogP contribution in [-0.4, -0.2) is 9.13 Å². The van der Waals surface area contributed by atoms with Gasteiger partial charge in [-0.05, 0) is 89.3 Å². The molecule has 0 atom stereocenters. The Balaban J connectivity index is 1.22. The quantitative estimate of drug-likeness (QED) is 0.152. The van der Waals surface area contributed by atoms with Gasteiger partial charge in [-0.15, -0.1) is 0 Å². The highest BCUT2D eigenvalue weighted by Gasteiger charge is 2.18. The molecule has 0 saturated heterocycles. The van der Waals surface area contributed by atoms with Crippen LogP contribution in [0.25, 0.3) is 82.8 Å². The van der Waals surface area contributed by atoms with Crippen LogP contribution >= 0.6 is 0 Å². The maximum absolute atomic E-state index is 4.31. The molecule has 2 heterocycles. The van der Waals surface area contributed by atoms with Crippen LogP contribution in [0.1, 0.15) is 12.5 Å². The molecule has 7 aromatic carbocycles. The average molecular weight is 653 g/mol. The molecule has 2 nitrogen and oxygen atoms in total. The van der Waals surface area contributed by atoms with Crippen LogP contribution in [0, 0.1) is 0 Å². The molecule has 0 aliphatic carbocycles. The smallest absolute Gasteiger partial charge is 0.0541 e. The number of allylic oxidation sites excluding steroid dienone is 5. The molecule has 9 rings (SSSR count). The Labute approximate surface area is 298 Å². The van der Waals surface area contributed by atoms with Crippen LogP contribution in [0.4, 0.5) is 0 Å². The van der Waals surface area contributed by atoms with Crippen LogP contribution in [0.5, 0.6) is 0 Å². The minimum atomic E-state index is 1.06. The van der Waals surface area contributed by atoms with Gasteiger partial charge in [0, 0.05) is 32.8 Å². The summed E-state index contributed by atoms with van der Waals surface area (Å²) < 4.78 is 4.76. The van der Waals surface area contributed by atoms with E-state index in [1.807, 2.05) is 6.08 Å². The largest absolute Gasteiger partial charge is 0.309 e. The molecule has 0 N–H and O–H groups in total. The van der Waals surface area contributed by atoms with Gasteiger partial charge in [-0.25, -0.2) is 0 Å². The van der Waals surface area contributed by atoms with E-state index in [2.05, 4.69) is 205 Å². The molecule has 0 fully saturated rings. The molecule has 242 valence electrons. The normalized spacial score (nSPS) is 12.3. The summed E-state index contributed by atoms with van der Waals surface area (Å²) in [5.74, 6) is 0. The lowest BCUT2D eigenvalue weighted by Gasteiger charge is -2.14. The van der Waals surface area contributed by atoms with Crippen molar-refractivity contribution in [2.75, 3.05) is 0 Å². The van der Waals surface area contributed by atoms with Gasteiger partial charge in [-0.2, -0.15) is 0 Å². The predicted octanol–water partition coefficient (Wildman–Crippen LogP) is 13.4. The van der Waals surface area contributed by atoms with E-state index in [4.69, 9.17) is 0 Å². The zero-order chi connectivity index (χ0) is 34.3. The van der Waals surface area contributed by atoms with E-state index in [0.717, 1.165) is 33.6 Å². The fourth-order valence-corrected chi connectivity index (χ4v) is 7.73. The number of aromatic nitrogens is 2. The van der Waals surface area contributed by atoms with E-state index in [9.17, 15) is 0 Å². The first-order chi connectivity index (χ1) is 25.2.